The normalized spacial score (nSPS) is 12.1. The zero-order valence-electron chi connectivity index (χ0n) is 12.0. The number of hydrogen-bond acceptors (Lipinski definition) is 2. The second-order valence-corrected chi connectivity index (χ2v) is 4.86. The lowest BCUT2D eigenvalue weighted by Crippen LogP contribution is -2.28. The molecule has 3 heteroatoms. The first-order valence-corrected chi connectivity index (χ1v) is 6.76. The molecule has 0 radical (unpaired) electrons. The highest BCUT2D eigenvalue weighted by Gasteiger charge is 2.11. The van der Waals surface area contributed by atoms with Crippen LogP contribution in [0.1, 0.15) is 37.8 Å². The monoisotopic (exact) mass is 262 g/mol. The van der Waals surface area contributed by atoms with Gasteiger partial charge in [-0.25, -0.2) is 4.39 Å². The minimum Gasteiger partial charge on any atom is -0.320 e. The van der Waals surface area contributed by atoms with Crippen LogP contribution in [-0.4, -0.2) is 24.5 Å². The third-order valence-corrected chi connectivity index (χ3v) is 3.27. The second-order valence-electron chi connectivity index (χ2n) is 4.86. The van der Waals surface area contributed by atoms with E-state index in [9.17, 15) is 4.39 Å². The molecule has 1 aromatic carbocycles. The van der Waals surface area contributed by atoms with E-state index in [1.165, 1.54) is 6.07 Å². The summed E-state index contributed by atoms with van der Waals surface area (Å²) in [6.07, 6.45) is 2.26. The van der Waals surface area contributed by atoms with E-state index < -0.39 is 0 Å². The Morgan fingerprint density at radius 1 is 1.42 bits per heavy atom. The first-order chi connectivity index (χ1) is 9.08. The van der Waals surface area contributed by atoms with Crippen molar-refractivity contribution < 1.29 is 4.39 Å². The van der Waals surface area contributed by atoms with Crippen LogP contribution in [0.5, 0.6) is 0 Å². The molecule has 2 N–H and O–H groups in total. The molecule has 1 unspecified atom stereocenters. The number of nitrogens with zero attached hydrogens (tertiary/aromatic N) is 1. The van der Waals surface area contributed by atoms with Gasteiger partial charge in [-0.2, -0.15) is 0 Å². The van der Waals surface area contributed by atoms with Gasteiger partial charge in [-0.05, 0) is 32.5 Å². The summed E-state index contributed by atoms with van der Waals surface area (Å²) in [4.78, 5) is 2.17. The van der Waals surface area contributed by atoms with E-state index in [4.69, 9.17) is 5.73 Å². The molecule has 19 heavy (non-hydrogen) atoms. The van der Waals surface area contributed by atoms with Crippen molar-refractivity contribution in [3.05, 3.63) is 35.1 Å². The molecule has 0 saturated heterocycles. The van der Waals surface area contributed by atoms with E-state index >= 15 is 0 Å². The summed E-state index contributed by atoms with van der Waals surface area (Å²) in [6.45, 7) is 5.25. The van der Waals surface area contributed by atoms with Crippen molar-refractivity contribution in [1.82, 2.24) is 4.90 Å². The molecule has 0 aliphatic rings. The van der Waals surface area contributed by atoms with Gasteiger partial charge in [0, 0.05) is 23.7 Å². The van der Waals surface area contributed by atoms with Crippen molar-refractivity contribution in [2.45, 2.75) is 39.3 Å². The lowest BCUT2D eigenvalue weighted by Gasteiger charge is -2.24. The Balaban J connectivity index is 2.74. The third-order valence-electron chi connectivity index (χ3n) is 3.27. The fourth-order valence-corrected chi connectivity index (χ4v) is 1.97. The molecule has 0 aliphatic heterocycles. The van der Waals surface area contributed by atoms with Crippen LogP contribution in [0.3, 0.4) is 0 Å². The molecule has 0 fully saturated rings. The van der Waals surface area contributed by atoms with E-state index in [1.54, 1.807) is 0 Å². The topological polar surface area (TPSA) is 29.3 Å². The van der Waals surface area contributed by atoms with Crippen molar-refractivity contribution in [3.63, 3.8) is 0 Å². The Morgan fingerprint density at radius 3 is 2.74 bits per heavy atom. The first kappa shape index (κ1) is 15.7. The number of benzene rings is 1. The smallest absolute Gasteiger partial charge is 0.128 e. The first-order valence-electron chi connectivity index (χ1n) is 6.76. The van der Waals surface area contributed by atoms with Crippen molar-refractivity contribution in [2.75, 3.05) is 13.6 Å². The van der Waals surface area contributed by atoms with E-state index in [0.29, 0.717) is 30.3 Å². The summed E-state index contributed by atoms with van der Waals surface area (Å²) in [5.74, 6) is 5.37. The third kappa shape index (κ3) is 5.02. The molecule has 0 amide bonds. The number of nitrogens with two attached hydrogens (primary N) is 1. The van der Waals surface area contributed by atoms with Crippen LogP contribution < -0.4 is 5.73 Å². The number of hydrogen-bond donors (Lipinski definition) is 1. The van der Waals surface area contributed by atoms with Gasteiger partial charge in [-0.1, -0.05) is 31.3 Å². The zero-order valence-corrected chi connectivity index (χ0v) is 12.0. The molecule has 104 valence electrons. The van der Waals surface area contributed by atoms with Gasteiger partial charge in [0.25, 0.3) is 0 Å². The summed E-state index contributed by atoms with van der Waals surface area (Å²) in [7, 11) is 2.03. The molecule has 1 rings (SSSR count). The lowest BCUT2D eigenvalue weighted by molar-refractivity contribution is 0.234. The highest BCUT2D eigenvalue weighted by atomic mass is 19.1. The minimum absolute atomic E-state index is 0.195. The number of halogens is 1. The fraction of sp³-hybridized carbons (Fsp3) is 0.500. The standard InChI is InChI=1S/C16H23FN2/c1-4-6-13(2)19(3)12-15-9-8-14(7-5-10-18)11-16(15)17/h8-9,11,13H,4,6,10,12,18H2,1-3H3. The molecule has 1 aromatic rings. The van der Waals surface area contributed by atoms with Gasteiger partial charge < -0.3 is 5.73 Å². The minimum atomic E-state index is -0.195. The lowest BCUT2D eigenvalue weighted by atomic mass is 10.1. The summed E-state index contributed by atoms with van der Waals surface area (Å²) < 4.78 is 14.0. The van der Waals surface area contributed by atoms with E-state index in [-0.39, 0.29) is 5.82 Å². The molecule has 0 aliphatic carbocycles. The maximum atomic E-state index is 14.0. The molecular formula is C16H23FN2. The van der Waals surface area contributed by atoms with Crippen LogP contribution in [0.25, 0.3) is 0 Å². The highest BCUT2D eigenvalue weighted by molar-refractivity contribution is 5.37. The maximum absolute atomic E-state index is 14.0. The van der Waals surface area contributed by atoms with Gasteiger partial charge in [0.1, 0.15) is 5.82 Å². The summed E-state index contributed by atoms with van der Waals surface area (Å²) in [5.41, 5.74) is 6.69. The number of rotatable bonds is 5. The Bertz CT molecular complexity index is 460. The van der Waals surface area contributed by atoms with Crippen LogP contribution in [0.4, 0.5) is 4.39 Å². The van der Waals surface area contributed by atoms with E-state index in [0.717, 1.165) is 12.8 Å². The molecular weight excluding hydrogens is 239 g/mol. The fourth-order valence-electron chi connectivity index (χ4n) is 1.97. The predicted octanol–water partition coefficient (Wildman–Crippen LogP) is 2.76. The molecule has 1 atom stereocenters. The van der Waals surface area contributed by atoms with Gasteiger partial charge >= 0.3 is 0 Å². The highest BCUT2D eigenvalue weighted by Crippen LogP contribution is 2.14. The van der Waals surface area contributed by atoms with Gasteiger partial charge in [0.15, 0.2) is 0 Å². The van der Waals surface area contributed by atoms with Crippen LogP contribution >= 0.6 is 0 Å². The van der Waals surface area contributed by atoms with Crippen LogP contribution in [0, 0.1) is 17.7 Å². The summed E-state index contributed by atoms with van der Waals surface area (Å²) in [5, 5.41) is 0. The Hall–Kier alpha value is -1.37. The Labute approximate surface area is 115 Å². The van der Waals surface area contributed by atoms with Crippen LogP contribution in [-0.2, 0) is 6.54 Å². The van der Waals surface area contributed by atoms with E-state index in [2.05, 4.69) is 30.6 Å². The molecule has 0 saturated carbocycles. The summed E-state index contributed by atoms with van der Waals surface area (Å²) >= 11 is 0. The molecule has 2 nitrogen and oxygen atoms in total. The van der Waals surface area contributed by atoms with Crippen LogP contribution in [0.15, 0.2) is 18.2 Å². The van der Waals surface area contributed by atoms with Gasteiger partial charge in [-0.15, -0.1) is 0 Å². The predicted molar refractivity (Wildman–Crippen MR) is 78.2 cm³/mol. The zero-order chi connectivity index (χ0) is 14.3. The molecule has 0 heterocycles. The average Bonchev–Trinajstić information content (AvgIpc) is 2.39. The summed E-state index contributed by atoms with van der Waals surface area (Å²) in [6, 6.07) is 5.60. The van der Waals surface area contributed by atoms with Gasteiger partial charge in [-0.3, -0.25) is 4.90 Å². The van der Waals surface area contributed by atoms with Crippen molar-refractivity contribution in [1.29, 1.82) is 0 Å². The van der Waals surface area contributed by atoms with Gasteiger partial charge in [0.05, 0.1) is 6.54 Å². The van der Waals surface area contributed by atoms with Crippen molar-refractivity contribution in [2.24, 2.45) is 5.73 Å². The molecule has 0 spiro atoms. The van der Waals surface area contributed by atoms with Crippen molar-refractivity contribution >= 4 is 0 Å². The van der Waals surface area contributed by atoms with Crippen molar-refractivity contribution in [3.8, 4) is 11.8 Å². The largest absolute Gasteiger partial charge is 0.320 e. The maximum Gasteiger partial charge on any atom is 0.128 e. The van der Waals surface area contributed by atoms with E-state index in [1.807, 2.05) is 19.2 Å². The quantitative estimate of drug-likeness (QED) is 0.827. The SMILES string of the molecule is CCCC(C)N(C)Cc1ccc(C#CCN)cc1F. The van der Waals surface area contributed by atoms with Gasteiger partial charge in [0.2, 0.25) is 0 Å². The molecule has 0 bridgehead atoms. The average molecular weight is 262 g/mol. The Morgan fingerprint density at radius 2 is 2.16 bits per heavy atom. The Kier molecular flexibility index (Phi) is 6.55. The second kappa shape index (κ2) is 7.93. The molecule has 0 aromatic heterocycles. The van der Waals surface area contributed by atoms with Crippen LogP contribution in [0.2, 0.25) is 0 Å².